The zero-order valence-corrected chi connectivity index (χ0v) is 11.0. The molecule has 5 nitrogen and oxygen atoms in total. The highest BCUT2D eigenvalue weighted by Gasteiger charge is 2.11. The fraction of sp³-hybridized carbons (Fsp3) is 0.462. The van der Waals surface area contributed by atoms with Gasteiger partial charge in [-0.3, -0.25) is 14.6 Å². The van der Waals surface area contributed by atoms with Gasteiger partial charge in [0.1, 0.15) is 0 Å². The van der Waals surface area contributed by atoms with Crippen LogP contribution in [0, 0.1) is 6.92 Å². The van der Waals surface area contributed by atoms with Crippen LogP contribution in [0.3, 0.4) is 0 Å². The summed E-state index contributed by atoms with van der Waals surface area (Å²) in [7, 11) is 0. The van der Waals surface area contributed by atoms with Crippen LogP contribution >= 0.6 is 0 Å². The summed E-state index contributed by atoms with van der Waals surface area (Å²) in [6.07, 6.45) is 6.13. The maximum absolute atomic E-state index is 6.11. The first-order valence-corrected chi connectivity index (χ1v) is 6.14. The van der Waals surface area contributed by atoms with Gasteiger partial charge in [-0.1, -0.05) is 0 Å². The van der Waals surface area contributed by atoms with Crippen molar-refractivity contribution in [2.75, 3.05) is 0 Å². The summed E-state index contributed by atoms with van der Waals surface area (Å²) in [6.45, 7) is 6.11. The third-order valence-corrected chi connectivity index (χ3v) is 2.80. The van der Waals surface area contributed by atoms with Crippen molar-refractivity contribution in [3.05, 3.63) is 41.7 Å². The van der Waals surface area contributed by atoms with Crippen molar-refractivity contribution >= 4 is 0 Å². The lowest BCUT2D eigenvalue weighted by Gasteiger charge is -2.09. The predicted molar refractivity (Wildman–Crippen MR) is 70.0 cm³/mol. The van der Waals surface area contributed by atoms with Crippen LogP contribution < -0.4 is 5.73 Å². The Morgan fingerprint density at radius 3 is 2.61 bits per heavy atom. The molecule has 0 bridgehead atoms. The van der Waals surface area contributed by atoms with Gasteiger partial charge in [0, 0.05) is 24.9 Å². The molecule has 1 atom stereocenters. The molecule has 0 fully saturated rings. The van der Waals surface area contributed by atoms with Gasteiger partial charge in [-0.05, 0) is 26.8 Å². The summed E-state index contributed by atoms with van der Waals surface area (Å²) in [5.41, 5.74) is 8.80. The van der Waals surface area contributed by atoms with Crippen LogP contribution in [0.15, 0.2) is 24.7 Å². The van der Waals surface area contributed by atoms with E-state index in [-0.39, 0.29) is 6.04 Å². The van der Waals surface area contributed by atoms with E-state index in [1.165, 1.54) is 0 Å². The van der Waals surface area contributed by atoms with Crippen molar-refractivity contribution in [1.82, 2.24) is 19.7 Å². The summed E-state index contributed by atoms with van der Waals surface area (Å²) in [6, 6.07) is 2.21. The first-order chi connectivity index (χ1) is 8.56. The Morgan fingerprint density at radius 2 is 2.06 bits per heavy atom. The highest BCUT2D eigenvalue weighted by molar-refractivity contribution is 5.10. The van der Waals surface area contributed by atoms with Gasteiger partial charge in [0.05, 0.1) is 29.3 Å². The Hall–Kier alpha value is -1.75. The summed E-state index contributed by atoms with van der Waals surface area (Å²) < 4.78 is 1.93. The second-order valence-corrected chi connectivity index (χ2v) is 4.77. The molecule has 2 rings (SSSR count). The normalized spacial score (nSPS) is 12.9. The van der Waals surface area contributed by atoms with E-state index in [0.29, 0.717) is 12.5 Å². The number of nitrogens with two attached hydrogens (primary N) is 1. The molecule has 2 heterocycles. The molecule has 0 aromatic carbocycles. The lowest BCUT2D eigenvalue weighted by atomic mass is 10.1. The molecule has 0 radical (unpaired) electrons. The van der Waals surface area contributed by atoms with E-state index < -0.39 is 0 Å². The molecule has 5 heteroatoms. The lowest BCUT2D eigenvalue weighted by molar-refractivity contribution is 0.522. The first-order valence-electron chi connectivity index (χ1n) is 6.14. The molecule has 18 heavy (non-hydrogen) atoms. The number of nitrogens with zero attached hydrogens (tertiary/aromatic N) is 4. The van der Waals surface area contributed by atoms with Crippen molar-refractivity contribution in [1.29, 1.82) is 0 Å². The molecule has 1 unspecified atom stereocenters. The second-order valence-electron chi connectivity index (χ2n) is 4.77. The van der Waals surface area contributed by atoms with Crippen LogP contribution in [-0.2, 0) is 6.42 Å². The van der Waals surface area contributed by atoms with Gasteiger partial charge in [-0.25, -0.2) is 0 Å². The molecule has 0 saturated carbocycles. The topological polar surface area (TPSA) is 69.6 Å². The Morgan fingerprint density at radius 1 is 1.28 bits per heavy atom. The van der Waals surface area contributed by atoms with Gasteiger partial charge in [-0.15, -0.1) is 0 Å². The van der Waals surface area contributed by atoms with Gasteiger partial charge in [-0.2, -0.15) is 5.10 Å². The SMILES string of the molecule is Cc1cnc(C(N)Cc2ccn(C(C)C)n2)cn1. The Kier molecular flexibility index (Phi) is 3.72. The van der Waals surface area contributed by atoms with Crippen LogP contribution in [0.4, 0.5) is 0 Å². The van der Waals surface area contributed by atoms with Gasteiger partial charge in [0.2, 0.25) is 0 Å². The molecule has 96 valence electrons. The summed E-state index contributed by atoms with van der Waals surface area (Å²) >= 11 is 0. The smallest absolute Gasteiger partial charge is 0.0758 e. The van der Waals surface area contributed by atoms with Crippen molar-refractivity contribution in [2.45, 2.75) is 39.3 Å². The molecule has 0 amide bonds. The average Bonchev–Trinajstić information content (AvgIpc) is 2.78. The third-order valence-electron chi connectivity index (χ3n) is 2.80. The maximum Gasteiger partial charge on any atom is 0.0758 e. The molecule has 2 aromatic rings. The minimum Gasteiger partial charge on any atom is -0.322 e. The molecular weight excluding hydrogens is 226 g/mol. The molecule has 2 N–H and O–H groups in total. The minimum absolute atomic E-state index is 0.159. The van der Waals surface area contributed by atoms with E-state index >= 15 is 0 Å². The predicted octanol–water partition coefficient (Wildman–Crippen LogP) is 1.80. The highest BCUT2D eigenvalue weighted by Crippen LogP contribution is 2.13. The zero-order valence-electron chi connectivity index (χ0n) is 11.0. The molecule has 0 aliphatic heterocycles. The Bertz CT molecular complexity index is 500. The largest absolute Gasteiger partial charge is 0.322 e. The molecule has 0 saturated heterocycles. The molecule has 2 aromatic heterocycles. The average molecular weight is 245 g/mol. The fourth-order valence-corrected chi connectivity index (χ4v) is 1.70. The van der Waals surface area contributed by atoms with Crippen LogP contribution in [0.5, 0.6) is 0 Å². The fourth-order valence-electron chi connectivity index (χ4n) is 1.70. The number of hydrogen-bond acceptors (Lipinski definition) is 4. The van der Waals surface area contributed by atoms with E-state index in [9.17, 15) is 0 Å². The third kappa shape index (κ3) is 2.92. The van der Waals surface area contributed by atoms with E-state index in [4.69, 9.17) is 5.73 Å². The Balaban J connectivity index is 2.06. The standard InChI is InChI=1S/C13H19N5/c1-9(2)18-5-4-11(17-18)6-12(14)13-8-15-10(3)7-16-13/h4-5,7-9,12H,6,14H2,1-3H3. The van der Waals surface area contributed by atoms with E-state index in [0.717, 1.165) is 17.1 Å². The van der Waals surface area contributed by atoms with Crippen molar-refractivity contribution in [3.63, 3.8) is 0 Å². The summed E-state index contributed by atoms with van der Waals surface area (Å²) in [5, 5.41) is 4.48. The second kappa shape index (κ2) is 5.27. The van der Waals surface area contributed by atoms with Crippen LogP contribution in [-0.4, -0.2) is 19.7 Å². The van der Waals surface area contributed by atoms with Crippen molar-refractivity contribution < 1.29 is 0 Å². The number of aromatic nitrogens is 4. The number of hydrogen-bond donors (Lipinski definition) is 1. The monoisotopic (exact) mass is 245 g/mol. The van der Waals surface area contributed by atoms with Gasteiger partial charge < -0.3 is 5.73 Å². The van der Waals surface area contributed by atoms with Crippen LogP contribution in [0.1, 0.15) is 43.0 Å². The summed E-state index contributed by atoms with van der Waals surface area (Å²) in [5.74, 6) is 0. The van der Waals surface area contributed by atoms with Crippen LogP contribution in [0.25, 0.3) is 0 Å². The minimum atomic E-state index is -0.159. The quantitative estimate of drug-likeness (QED) is 0.891. The van der Waals surface area contributed by atoms with E-state index in [1.54, 1.807) is 12.4 Å². The molecule has 0 aliphatic carbocycles. The van der Waals surface area contributed by atoms with Gasteiger partial charge >= 0.3 is 0 Å². The van der Waals surface area contributed by atoms with Crippen LogP contribution in [0.2, 0.25) is 0 Å². The van der Waals surface area contributed by atoms with E-state index in [2.05, 4.69) is 28.9 Å². The molecule has 0 aliphatic rings. The number of aryl methyl sites for hydroxylation is 1. The summed E-state index contributed by atoms with van der Waals surface area (Å²) in [4.78, 5) is 8.50. The highest BCUT2D eigenvalue weighted by atomic mass is 15.3. The van der Waals surface area contributed by atoms with Crippen molar-refractivity contribution in [3.8, 4) is 0 Å². The number of rotatable bonds is 4. The Labute approximate surface area is 107 Å². The van der Waals surface area contributed by atoms with Gasteiger partial charge in [0.15, 0.2) is 0 Å². The van der Waals surface area contributed by atoms with E-state index in [1.807, 2.05) is 23.9 Å². The zero-order chi connectivity index (χ0) is 13.1. The lowest BCUT2D eigenvalue weighted by Crippen LogP contribution is -2.16. The first kappa shape index (κ1) is 12.7. The van der Waals surface area contributed by atoms with Gasteiger partial charge in [0.25, 0.3) is 0 Å². The molecule has 0 spiro atoms. The van der Waals surface area contributed by atoms with Crippen molar-refractivity contribution in [2.24, 2.45) is 5.73 Å². The molecular formula is C13H19N5. The maximum atomic E-state index is 6.11.